The highest BCUT2D eigenvalue weighted by atomic mass is 32.2. The fourth-order valence-corrected chi connectivity index (χ4v) is 6.22. The lowest BCUT2D eigenvalue weighted by Crippen LogP contribution is -2.14. The van der Waals surface area contributed by atoms with Gasteiger partial charge in [-0.05, 0) is 31.2 Å². The summed E-state index contributed by atoms with van der Waals surface area (Å²) in [6.45, 7) is 1.78. The summed E-state index contributed by atoms with van der Waals surface area (Å²) in [6, 6.07) is 12.0. The molecule has 0 fully saturated rings. The van der Waals surface area contributed by atoms with Gasteiger partial charge in [-0.2, -0.15) is 0 Å². The molecule has 14 heteroatoms. The average Bonchev–Trinajstić information content (AvgIpc) is 3.58. The lowest BCUT2D eigenvalue weighted by molar-refractivity contribution is -0.384. The molecule has 0 aliphatic carbocycles. The molecule has 0 saturated carbocycles. The number of sulfonamides is 1. The third-order valence-electron chi connectivity index (χ3n) is 5.19. The van der Waals surface area contributed by atoms with Gasteiger partial charge >= 0.3 is 0 Å². The first-order valence-corrected chi connectivity index (χ1v) is 13.5. The van der Waals surface area contributed by atoms with Crippen LogP contribution in [0.5, 0.6) is 0 Å². The van der Waals surface area contributed by atoms with E-state index in [1.54, 1.807) is 35.0 Å². The van der Waals surface area contributed by atoms with Crippen LogP contribution in [-0.2, 0) is 10.0 Å². The highest BCUT2D eigenvalue weighted by molar-refractivity contribution is 7.93. The largest absolute Gasteiger partial charge is 0.321 e. The fraction of sp³-hybridized carbons (Fsp3) is 0.0455. The predicted octanol–water partition coefficient (Wildman–Crippen LogP) is 4.79. The number of imidazole rings is 1. The highest BCUT2D eigenvalue weighted by Gasteiger charge is 2.20. The van der Waals surface area contributed by atoms with Crippen molar-refractivity contribution < 1.29 is 18.1 Å². The van der Waals surface area contributed by atoms with Crippen molar-refractivity contribution in [2.24, 2.45) is 0 Å². The molecule has 0 spiro atoms. The van der Waals surface area contributed by atoms with Gasteiger partial charge in [0, 0.05) is 46.9 Å². The molecule has 3 heterocycles. The quantitative estimate of drug-likeness (QED) is 0.223. The molecule has 3 aromatic heterocycles. The molecule has 182 valence electrons. The number of amides is 1. The van der Waals surface area contributed by atoms with Gasteiger partial charge in [0.1, 0.15) is 4.88 Å². The number of non-ortho nitro benzene ring substituents is 1. The number of anilines is 2. The first kappa shape index (κ1) is 23.6. The molecule has 0 aliphatic rings. The highest BCUT2D eigenvalue weighted by Crippen LogP contribution is 2.29. The number of rotatable bonds is 7. The SMILES string of the molecule is Cc1c(C(=O)Nc2ccc(S(=O)(=O)Nc3nccs3)cc2)sc2nc(-c3cccc([N+](=O)[O-])c3)cn12. The van der Waals surface area contributed by atoms with Crippen molar-refractivity contribution in [1.29, 1.82) is 0 Å². The zero-order valence-electron chi connectivity index (χ0n) is 18.4. The van der Waals surface area contributed by atoms with Crippen LogP contribution in [0.2, 0.25) is 0 Å². The number of carbonyl (C=O) groups is 1. The van der Waals surface area contributed by atoms with Gasteiger partial charge in [-0.1, -0.05) is 23.5 Å². The molecule has 0 aliphatic heterocycles. The second-order valence-electron chi connectivity index (χ2n) is 7.52. The number of nitrogens with one attached hydrogen (secondary N) is 2. The van der Waals surface area contributed by atoms with E-state index >= 15 is 0 Å². The van der Waals surface area contributed by atoms with Crippen molar-refractivity contribution >= 4 is 60.1 Å². The summed E-state index contributed by atoms with van der Waals surface area (Å²) in [4.78, 5) is 33.0. The van der Waals surface area contributed by atoms with Crippen LogP contribution < -0.4 is 10.0 Å². The van der Waals surface area contributed by atoms with E-state index < -0.39 is 14.9 Å². The Hall–Kier alpha value is -4.14. The number of nitro benzene ring substituents is 1. The molecule has 0 bridgehead atoms. The predicted molar refractivity (Wildman–Crippen MR) is 137 cm³/mol. The van der Waals surface area contributed by atoms with Crippen molar-refractivity contribution in [3.05, 3.63) is 87.0 Å². The zero-order chi connectivity index (χ0) is 25.4. The van der Waals surface area contributed by atoms with Crippen LogP contribution in [0.25, 0.3) is 16.2 Å². The number of aromatic nitrogens is 3. The normalized spacial score (nSPS) is 11.5. The van der Waals surface area contributed by atoms with Crippen LogP contribution in [0.1, 0.15) is 15.4 Å². The summed E-state index contributed by atoms with van der Waals surface area (Å²) in [6.07, 6.45) is 3.23. The molecule has 2 N–H and O–H groups in total. The minimum absolute atomic E-state index is 0.0292. The van der Waals surface area contributed by atoms with Crippen LogP contribution in [0.15, 0.2) is 71.2 Å². The molecule has 1 amide bonds. The zero-order valence-corrected chi connectivity index (χ0v) is 20.9. The summed E-state index contributed by atoms with van der Waals surface area (Å²) >= 11 is 2.35. The lowest BCUT2D eigenvalue weighted by Gasteiger charge is -2.08. The van der Waals surface area contributed by atoms with Crippen LogP contribution in [0, 0.1) is 17.0 Å². The van der Waals surface area contributed by atoms with Gasteiger partial charge in [0.2, 0.25) is 0 Å². The van der Waals surface area contributed by atoms with Gasteiger partial charge in [0.05, 0.1) is 15.5 Å². The van der Waals surface area contributed by atoms with E-state index in [0.29, 0.717) is 32.5 Å². The Balaban J connectivity index is 1.33. The van der Waals surface area contributed by atoms with Crippen molar-refractivity contribution in [2.75, 3.05) is 10.0 Å². The van der Waals surface area contributed by atoms with Gasteiger partial charge < -0.3 is 5.32 Å². The van der Waals surface area contributed by atoms with Crippen molar-refractivity contribution in [3.8, 4) is 11.3 Å². The number of carbonyl (C=O) groups excluding carboxylic acids is 1. The van der Waals surface area contributed by atoms with E-state index in [1.807, 2.05) is 0 Å². The summed E-state index contributed by atoms with van der Waals surface area (Å²) < 4.78 is 29.1. The van der Waals surface area contributed by atoms with Gasteiger partial charge in [-0.3, -0.25) is 24.0 Å². The van der Waals surface area contributed by atoms with Gasteiger partial charge in [0.25, 0.3) is 21.6 Å². The third kappa shape index (κ3) is 4.56. The molecule has 0 radical (unpaired) electrons. The van der Waals surface area contributed by atoms with E-state index in [9.17, 15) is 23.3 Å². The molecule has 11 nitrogen and oxygen atoms in total. The van der Waals surface area contributed by atoms with Crippen molar-refractivity contribution in [2.45, 2.75) is 11.8 Å². The summed E-state index contributed by atoms with van der Waals surface area (Å²) in [5, 5.41) is 15.8. The lowest BCUT2D eigenvalue weighted by atomic mass is 10.1. The maximum Gasteiger partial charge on any atom is 0.270 e. The van der Waals surface area contributed by atoms with E-state index in [2.05, 4.69) is 20.0 Å². The molecule has 0 atom stereocenters. The number of fused-ring (bicyclic) bond motifs is 1. The second kappa shape index (κ2) is 9.14. The first-order chi connectivity index (χ1) is 17.2. The molecule has 5 aromatic rings. The number of thiazole rings is 2. The number of nitrogens with zero attached hydrogens (tertiary/aromatic N) is 4. The maximum atomic E-state index is 12.9. The van der Waals surface area contributed by atoms with Crippen molar-refractivity contribution in [1.82, 2.24) is 14.4 Å². The van der Waals surface area contributed by atoms with Gasteiger partial charge in [-0.15, -0.1) is 11.3 Å². The number of aryl methyl sites for hydroxylation is 1. The van der Waals surface area contributed by atoms with E-state index in [-0.39, 0.29) is 21.6 Å². The first-order valence-electron chi connectivity index (χ1n) is 10.3. The van der Waals surface area contributed by atoms with Crippen LogP contribution in [0.3, 0.4) is 0 Å². The molecule has 0 saturated heterocycles. The topological polar surface area (TPSA) is 149 Å². The minimum Gasteiger partial charge on any atom is -0.321 e. The molecule has 5 rings (SSSR count). The number of hydrogen-bond donors (Lipinski definition) is 2. The molecule has 2 aromatic carbocycles. The molecule has 36 heavy (non-hydrogen) atoms. The Bertz CT molecular complexity index is 1710. The summed E-state index contributed by atoms with van der Waals surface area (Å²) in [7, 11) is -3.79. The van der Waals surface area contributed by atoms with Crippen LogP contribution >= 0.6 is 22.7 Å². The Morgan fingerprint density at radius 2 is 1.94 bits per heavy atom. The van der Waals surface area contributed by atoms with E-state index in [0.717, 1.165) is 0 Å². The Morgan fingerprint density at radius 1 is 1.17 bits per heavy atom. The van der Waals surface area contributed by atoms with Gasteiger partial charge in [0.15, 0.2) is 10.1 Å². The molecule has 0 unspecified atom stereocenters. The van der Waals surface area contributed by atoms with Gasteiger partial charge in [-0.25, -0.2) is 18.4 Å². The van der Waals surface area contributed by atoms with E-state index in [4.69, 9.17) is 0 Å². The third-order valence-corrected chi connectivity index (χ3v) is 8.52. The van der Waals surface area contributed by atoms with Crippen LogP contribution in [0.4, 0.5) is 16.5 Å². The Kier molecular flexibility index (Phi) is 5.99. The smallest absolute Gasteiger partial charge is 0.270 e. The molecular weight excluding hydrogens is 524 g/mol. The number of hydrogen-bond acceptors (Lipinski definition) is 9. The summed E-state index contributed by atoms with van der Waals surface area (Å²) in [5.41, 5.74) is 2.21. The second-order valence-corrected chi connectivity index (χ2v) is 11.1. The average molecular weight is 541 g/mol. The number of benzene rings is 2. The monoisotopic (exact) mass is 540 g/mol. The Morgan fingerprint density at radius 3 is 2.61 bits per heavy atom. The minimum atomic E-state index is -3.79. The van der Waals surface area contributed by atoms with Crippen LogP contribution in [-0.4, -0.2) is 33.6 Å². The fourth-order valence-electron chi connectivity index (χ4n) is 3.43. The summed E-state index contributed by atoms with van der Waals surface area (Å²) in [5.74, 6) is -0.364. The standard InChI is InChI=1S/C22H16N6O5S3/c1-13-19(35-22-25-18(12-27(13)22)14-3-2-4-16(11-14)28(30)31)20(29)24-15-5-7-17(8-6-15)36(32,33)26-21-23-9-10-34-21/h2-12H,1H3,(H,23,26)(H,24,29). The van der Waals surface area contributed by atoms with E-state index in [1.165, 1.54) is 65.3 Å². The maximum absolute atomic E-state index is 12.9. The molecular formula is C22H16N6O5S3. The van der Waals surface area contributed by atoms with Crippen molar-refractivity contribution in [3.63, 3.8) is 0 Å². The number of nitro groups is 1. The Labute approximate surface area is 212 Å².